The van der Waals surface area contributed by atoms with Gasteiger partial charge in [0.15, 0.2) is 0 Å². The van der Waals surface area contributed by atoms with Crippen molar-refractivity contribution in [3.05, 3.63) is 59.4 Å². The molecule has 0 saturated carbocycles. The minimum absolute atomic E-state index is 0.284. The summed E-state index contributed by atoms with van der Waals surface area (Å²) in [5, 5.41) is 0.730. The van der Waals surface area contributed by atoms with Gasteiger partial charge in [-0.3, -0.25) is 4.79 Å². The molecular formula is C16H11FO2. The normalized spacial score (nSPS) is 10.8. The Morgan fingerprint density at radius 3 is 2.68 bits per heavy atom. The summed E-state index contributed by atoms with van der Waals surface area (Å²) in [6.45, 7) is 1.91. The van der Waals surface area contributed by atoms with Crippen LogP contribution in [0.25, 0.3) is 22.3 Å². The summed E-state index contributed by atoms with van der Waals surface area (Å²) in [6.07, 6.45) is 0.810. The van der Waals surface area contributed by atoms with E-state index >= 15 is 0 Å². The number of aldehydes is 1. The van der Waals surface area contributed by atoms with Gasteiger partial charge in [-0.1, -0.05) is 12.1 Å². The molecule has 94 valence electrons. The number of aryl methyl sites for hydroxylation is 1. The smallest absolute Gasteiger partial charge is 0.150 e. The van der Waals surface area contributed by atoms with Gasteiger partial charge in [0, 0.05) is 16.5 Å². The largest absolute Gasteiger partial charge is 0.456 e. The van der Waals surface area contributed by atoms with Gasteiger partial charge in [-0.15, -0.1) is 0 Å². The van der Waals surface area contributed by atoms with Gasteiger partial charge in [0.05, 0.1) is 0 Å². The number of hydrogen-bond acceptors (Lipinski definition) is 2. The molecule has 3 aromatic rings. The molecule has 0 saturated heterocycles. The first-order chi connectivity index (χ1) is 9.17. The highest BCUT2D eigenvalue weighted by molar-refractivity contribution is 5.84. The number of furan rings is 1. The molecule has 0 N–H and O–H groups in total. The fourth-order valence-corrected chi connectivity index (χ4v) is 2.18. The lowest BCUT2D eigenvalue weighted by molar-refractivity contribution is 0.112. The van der Waals surface area contributed by atoms with Gasteiger partial charge >= 0.3 is 0 Å². The molecule has 0 atom stereocenters. The number of rotatable bonds is 2. The lowest BCUT2D eigenvalue weighted by Gasteiger charge is -2.02. The number of hydrogen-bond donors (Lipinski definition) is 0. The van der Waals surface area contributed by atoms with Crippen LogP contribution in [0.5, 0.6) is 0 Å². The van der Waals surface area contributed by atoms with Crippen molar-refractivity contribution in [1.82, 2.24) is 0 Å². The van der Waals surface area contributed by atoms with Gasteiger partial charge in [0.2, 0.25) is 0 Å². The number of carbonyl (C=O) groups is 1. The van der Waals surface area contributed by atoms with E-state index in [0.29, 0.717) is 16.9 Å². The third kappa shape index (κ3) is 2.03. The van der Waals surface area contributed by atoms with Crippen molar-refractivity contribution < 1.29 is 13.6 Å². The Morgan fingerprint density at radius 1 is 1.11 bits per heavy atom. The van der Waals surface area contributed by atoms with Crippen molar-refractivity contribution in [2.24, 2.45) is 0 Å². The molecule has 0 fully saturated rings. The van der Waals surface area contributed by atoms with E-state index in [1.54, 1.807) is 24.3 Å². The maximum Gasteiger partial charge on any atom is 0.150 e. The second-order valence-corrected chi connectivity index (χ2v) is 4.49. The second kappa shape index (κ2) is 4.35. The van der Waals surface area contributed by atoms with Gasteiger partial charge in [-0.25, -0.2) is 4.39 Å². The van der Waals surface area contributed by atoms with E-state index in [9.17, 15) is 9.18 Å². The highest BCUT2D eigenvalue weighted by Crippen LogP contribution is 2.30. The molecule has 1 heterocycles. The quantitative estimate of drug-likeness (QED) is 0.636. The summed E-state index contributed by atoms with van der Waals surface area (Å²) < 4.78 is 18.9. The molecule has 19 heavy (non-hydrogen) atoms. The first-order valence-corrected chi connectivity index (χ1v) is 5.93. The molecule has 0 bridgehead atoms. The maximum absolute atomic E-state index is 13.1. The molecule has 0 radical (unpaired) electrons. The summed E-state index contributed by atoms with van der Waals surface area (Å²) >= 11 is 0. The highest BCUT2D eigenvalue weighted by Gasteiger charge is 2.09. The van der Waals surface area contributed by atoms with E-state index in [2.05, 4.69) is 0 Å². The first-order valence-electron chi connectivity index (χ1n) is 5.93. The van der Waals surface area contributed by atoms with E-state index in [1.165, 1.54) is 12.1 Å². The SMILES string of the molecule is Cc1cc(C=O)ccc1-c1cc2cc(F)ccc2o1. The molecule has 0 spiro atoms. The van der Waals surface area contributed by atoms with Gasteiger partial charge in [-0.2, -0.15) is 0 Å². The van der Waals surface area contributed by atoms with Gasteiger partial charge in [-0.05, 0) is 42.8 Å². The van der Waals surface area contributed by atoms with E-state index in [1.807, 2.05) is 13.0 Å². The molecule has 0 aliphatic heterocycles. The monoisotopic (exact) mass is 254 g/mol. The molecule has 3 rings (SSSR count). The van der Waals surface area contributed by atoms with Crippen LogP contribution < -0.4 is 0 Å². The zero-order valence-corrected chi connectivity index (χ0v) is 10.3. The lowest BCUT2D eigenvalue weighted by Crippen LogP contribution is -1.85. The van der Waals surface area contributed by atoms with E-state index in [0.717, 1.165) is 22.8 Å². The fourth-order valence-electron chi connectivity index (χ4n) is 2.18. The molecule has 3 heteroatoms. The third-order valence-corrected chi connectivity index (χ3v) is 3.13. The number of benzene rings is 2. The average molecular weight is 254 g/mol. The van der Waals surface area contributed by atoms with Crippen molar-refractivity contribution in [3.63, 3.8) is 0 Å². The summed E-state index contributed by atoms with van der Waals surface area (Å²) in [4.78, 5) is 10.7. The standard InChI is InChI=1S/C16H11FO2/c1-10-6-11(9-18)2-4-14(10)16-8-12-7-13(17)3-5-15(12)19-16/h2-9H,1H3. The fraction of sp³-hybridized carbons (Fsp3) is 0.0625. The molecule has 0 unspecified atom stereocenters. The second-order valence-electron chi connectivity index (χ2n) is 4.49. The van der Waals surface area contributed by atoms with Crippen LogP contribution in [0.15, 0.2) is 46.9 Å². The molecule has 1 aromatic heterocycles. The summed E-state index contributed by atoms with van der Waals surface area (Å²) in [5.41, 5.74) is 3.13. The van der Waals surface area contributed by atoms with Crippen LogP contribution in [0.3, 0.4) is 0 Å². The number of halogens is 1. The topological polar surface area (TPSA) is 30.2 Å². The van der Waals surface area contributed by atoms with E-state index < -0.39 is 0 Å². The van der Waals surface area contributed by atoms with Crippen LogP contribution in [-0.4, -0.2) is 6.29 Å². The van der Waals surface area contributed by atoms with Crippen LogP contribution >= 0.6 is 0 Å². The molecule has 0 aliphatic rings. The molecule has 2 aromatic carbocycles. The molecule has 0 amide bonds. The minimum Gasteiger partial charge on any atom is -0.456 e. The Labute approximate surface area is 109 Å². The van der Waals surface area contributed by atoms with Crippen molar-refractivity contribution in [2.45, 2.75) is 6.92 Å². The van der Waals surface area contributed by atoms with Crippen LogP contribution in [0, 0.1) is 12.7 Å². The van der Waals surface area contributed by atoms with Gasteiger partial charge < -0.3 is 4.42 Å². The first kappa shape index (κ1) is 11.7. The number of carbonyl (C=O) groups excluding carboxylic acids is 1. The van der Waals surface area contributed by atoms with Crippen molar-refractivity contribution in [1.29, 1.82) is 0 Å². The molecular weight excluding hydrogens is 243 g/mol. The van der Waals surface area contributed by atoms with Crippen LogP contribution in [0.2, 0.25) is 0 Å². The van der Waals surface area contributed by atoms with Crippen molar-refractivity contribution >= 4 is 17.3 Å². The summed E-state index contributed by atoms with van der Waals surface area (Å²) in [6, 6.07) is 11.6. The zero-order valence-electron chi connectivity index (χ0n) is 10.3. The van der Waals surface area contributed by atoms with E-state index in [-0.39, 0.29) is 5.82 Å². The van der Waals surface area contributed by atoms with Crippen molar-refractivity contribution in [2.75, 3.05) is 0 Å². The predicted molar refractivity (Wildman–Crippen MR) is 71.7 cm³/mol. The Morgan fingerprint density at radius 2 is 1.95 bits per heavy atom. The van der Waals surface area contributed by atoms with Gasteiger partial charge in [0.25, 0.3) is 0 Å². The van der Waals surface area contributed by atoms with Crippen LogP contribution in [0.1, 0.15) is 15.9 Å². The molecule has 2 nitrogen and oxygen atoms in total. The number of fused-ring (bicyclic) bond motifs is 1. The Hall–Kier alpha value is -2.42. The van der Waals surface area contributed by atoms with Crippen molar-refractivity contribution in [3.8, 4) is 11.3 Å². The van der Waals surface area contributed by atoms with Crippen LogP contribution in [0.4, 0.5) is 4.39 Å². The lowest BCUT2D eigenvalue weighted by atomic mass is 10.0. The predicted octanol–water partition coefficient (Wildman–Crippen LogP) is 4.36. The summed E-state index contributed by atoms with van der Waals surface area (Å²) in [7, 11) is 0. The van der Waals surface area contributed by atoms with Gasteiger partial charge in [0.1, 0.15) is 23.4 Å². The maximum atomic E-state index is 13.1. The Bertz CT molecular complexity index is 772. The zero-order chi connectivity index (χ0) is 13.4. The minimum atomic E-state index is -0.284. The Balaban J connectivity index is 2.16. The van der Waals surface area contributed by atoms with E-state index in [4.69, 9.17) is 4.42 Å². The average Bonchev–Trinajstić information content (AvgIpc) is 2.81. The highest BCUT2D eigenvalue weighted by atomic mass is 19.1. The summed E-state index contributed by atoms with van der Waals surface area (Å²) in [5.74, 6) is 0.392. The molecule has 0 aliphatic carbocycles. The third-order valence-electron chi connectivity index (χ3n) is 3.13. The van der Waals surface area contributed by atoms with Crippen LogP contribution in [-0.2, 0) is 0 Å². The Kier molecular flexibility index (Phi) is 2.67.